The van der Waals surface area contributed by atoms with Crippen LogP contribution < -0.4 is 5.73 Å². The number of nitrogens with two attached hydrogens (primary N) is 1. The van der Waals surface area contributed by atoms with Crippen molar-refractivity contribution in [1.82, 2.24) is 4.98 Å². The van der Waals surface area contributed by atoms with Gasteiger partial charge in [-0.15, -0.1) is 0 Å². The number of halogens is 2. The molecule has 4 heteroatoms. The quantitative estimate of drug-likeness (QED) is 0.784. The Kier molecular flexibility index (Phi) is 3.86. The second-order valence-electron chi connectivity index (χ2n) is 4.98. The molecule has 0 amide bonds. The van der Waals surface area contributed by atoms with E-state index in [1.54, 1.807) is 6.07 Å². The van der Waals surface area contributed by atoms with Gasteiger partial charge in [-0.25, -0.2) is 4.39 Å². The number of pyridine rings is 1. The first-order valence-electron chi connectivity index (χ1n) is 6.69. The highest BCUT2D eigenvalue weighted by atomic mass is 35.5. The van der Waals surface area contributed by atoms with Crippen molar-refractivity contribution in [3.05, 3.63) is 76.7 Å². The van der Waals surface area contributed by atoms with Crippen LogP contribution in [0.3, 0.4) is 0 Å². The summed E-state index contributed by atoms with van der Waals surface area (Å²) in [5.41, 5.74) is 8.30. The number of nitrogens with zero attached hydrogens (tertiary/aromatic N) is 1. The van der Waals surface area contributed by atoms with E-state index in [0.717, 1.165) is 16.6 Å². The van der Waals surface area contributed by atoms with E-state index in [-0.39, 0.29) is 11.9 Å². The fourth-order valence-electron chi connectivity index (χ4n) is 2.33. The molecule has 0 aliphatic rings. The Labute approximate surface area is 127 Å². The summed E-state index contributed by atoms with van der Waals surface area (Å²) < 4.78 is 13.8. The normalized spacial score (nSPS) is 12.5. The van der Waals surface area contributed by atoms with Crippen LogP contribution in [0.4, 0.5) is 4.39 Å². The minimum atomic E-state index is -0.373. The van der Waals surface area contributed by atoms with E-state index < -0.39 is 0 Å². The molecule has 0 radical (unpaired) electrons. The number of benzene rings is 2. The van der Waals surface area contributed by atoms with E-state index >= 15 is 0 Å². The van der Waals surface area contributed by atoms with Crippen LogP contribution in [0.1, 0.15) is 17.3 Å². The average Bonchev–Trinajstić information content (AvgIpc) is 2.50. The van der Waals surface area contributed by atoms with E-state index in [0.29, 0.717) is 17.0 Å². The Morgan fingerprint density at radius 3 is 2.76 bits per heavy atom. The van der Waals surface area contributed by atoms with Gasteiger partial charge in [0.25, 0.3) is 0 Å². The zero-order valence-corrected chi connectivity index (χ0v) is 12.0. The van der Waals surface area contributed by atoms with Crippen LogP contribution in [0.5, 0.6) is 0 Å². The molecule has 1 aromatic heterocycles. The van der Waals surface area contributed by atoms with Gasteiger partial charge < -0.3 is 5.73 Å². The lowest BCUT2D eigenvalue weighted by Gasteiger charge is -2.13. The predicted molar refractivity (Wildman–Crippen MR) is 83.8 cm³/mol. The van der Waals surface area contributed by atoms with E-state index in [9.17, 15) is 4.39 Å². The molecule has 0 saturated heterocycles. The van der Waals surface area contributed by atoms with Gasteiger partial charge in [0.1, 0.15) is 5.82 Å². The highest BCUT2D eigenvalue weighted by Gasteiger charge is 2.12. The Balaban J connectivity index is 1.89. The van der Waals surface area contributed by atoms with Crippen molar-refractivity contribution in [2.75, 3.05) is 0 Å². The smallest absolute Gasteiger partial charge is 0.126 e. The first-order chi connectivity index (χ1) is 10.1. The lowest BCUT2D eigenvalue weighted by Crippen LogP contribution is -2.15. The highest BCUT2D eigenvalue weighted by molar-refractivity contribution is 6.30. The highest BCUT2D eigenvalue weighted by Crippen LogP contribution is 2.22. The molecule has 0 aliphatic heterocycles. The number of hydrogen-bond donors (Lipinski definition) is 1. The first kappa shape index (κ1) is 14.0. The Morgan fingerprint density at radius 2 is 1.90 bits per heavy atom. The van der Waals surface area contributed by atoms with E-state index in [2.05, 4.69) is 4.98 Å². The molecule has 2 aromatic carbocycles. The molecule has 1 atom stereocenters. The molecule has 0 aliphatic carbocycles. The van der Waals surface area contributed by atoms with Crippen LogP contribution in [0.2, 0.25) is 5.02 Å². The number of rotatable bonds is 3. The number of aromatic nitrogens is 1. The molecule has 0 saturated carbocycles. The molecule has 106 valence electrons. The number of hydrogen-bond acceptors (Lipinski definition) is 2. The van der Waals surface area contributed by atoms with Gasteiger partial charge in [-0.1, -0.05) is 35.9 Å². The third-order valence-electron chi connectivity index (χ3n) is 3.45. The van der Waals surface area contributed by atoms with E-state index in [1.165, 1.54) is 12.1 Å². The minimum Gasteiger partial charge on any atom is -0.322 e. The van der Waals surface area contributed by atoms with Crippen LogP contribution in [0.25, 0.3) is 10.9 Å². The van der Waals surface area contributed by atoms with Crippen molar-refractivity contribution in [3.8, 4) is 0 Å². The summed E-state index contributed by atoms with van der Waals surface area (Å²) in [5.74, 6) is -0.296. The molecule has 2 N–H and O–H groups in total. The number of fused-ring (bicyclic) bond motifs is 1. The van der Waals surface area contributed by atoms with Gasteiger partial charge in [0.2, 0.25) is 0 Å². The van der Waals surface area contributed by atoms with Gasteiger partial charge in [-0.05, 0) is 42.3 Å². The standard InChI is InChI=1S/C17H14ClFN2/c18-13-6-7-14(19)12(9-13)10-15(20)17-8-5-11-3-1-2-4-16(11)21-17/h1-9,15H,10,20H2. The minimum absolute atomic E-state index is 0.296. The molecule has 21 heavy (non-hydrogen) atoms. The summed E-state index contributed by atoms with van der Waals surface area (Å²) in [6.45, 7) is 0. The SMILES string of the molecule is NC(Cc1cc(Cl)ccc1F)c1ccc2ccccc2n1. The maximum Gasteiger partial charge on any atom is 0.126 e. The van der Waals surface area contributed by atoms with Crippen molar-refractivity contribution in [1.29, 1.82) is 0 Å². The molecule has 3 rings (SSSR count). The predicted octanol–water partition coefficient (Wildman–Crippen LogP) is 4.27. The zero-order valence-electron chi connectivity index (χ0n) is 11.3. The average molecular weight is 301 g/mol. The molecular formula is C17H14ClFN2. The molecule has 0 spiro atoms. The van der Waals surface area contributed by atoms with Crippen molar-refractivity contribution in [2.24, 2.45) is 5.73 Å². The van der Waals surface area contributed by atoms with Gasteiger partial charge in [-0.2, -0.15) is 0 Å². The molecule has 1 unspecified atom stereocenters. The summed E-state index contributed by atoms with van der Waals surface area (Å²) in [6, 6.07) is 15.8. The van der Waals surface area contributed by atoms with Crippen molar-refractivity contribution >= 4 is 22.5 Å². The van der Waals surface area contributed by atoms with Gasteiger partial charge in [0.05, 0.1) is 17.3 Å². The monoisotopic (exact) mass is 300 g/mol. The first-order valence-corrected chi connectivity index (χ1v) is 7.06. The summed E-state index contributed by atoms with van der Waals surface area (Å²) in [4.78, 5) is 4.54. The fraction of sp³-hybridized carbons (Fsp3) is 0.118. The van der Waals surface area contributed by atoms with Gasteiger partial charge >= 0.3 is 0 Å². The van der Waals surface area contributed by atoms with Crippen LogP contribution >= 0.6 is 11.6 Å². The Morgan fingerprint density at radius 1 is 1.10 bits per heavy atom. The summed E-state index contributed by atoms with van der Waals surface area (Å²) in [7, 11) is 0. The second kappa shape index (κ2) is 5.80. The summed E-state index contributed by atoms with van der Waals surface area (Å²) >= 11 is 5.90. The fourth-order valence-corrected chi connectivity index (χ4v) is 2.52. The van der Waals surface area contributed by atoms with Crippen molar-refractivity contribution in [3.63, 3.8) is 0 Å². The van der Waals surface area contributed by atoms with Gasteiger partial charge in [0.15, 0.2) is 0 Å². The Hall–Kier alpha value is -1.97. The third-order valence-corrected chi connectivity index (χ3v) is 3.68. The topological polar surface area (TPSA) is 38.9 Å². The van der Waals surface area contributed by atoms with E-state index in [1.807, 2.05) is 36.4 Å². The molecule has 2 nitrogen and oxygen atoms in total. The molecule has 1 heterocycles. The number of para-hydroxylation sites is 1. The summed E-state index contributed by atoms with van der Waals surface area (Å²) in [6.07, 6.45) is 0.359. The van der Waals surface area contributed by atoms with Crippen molar-refractivity contribution in [2.45, 2.75) is 12.5 Å². The van der Waals surface area contributed by atoms with Crippen LogP contribution in [0, 0.1) is 5.82 Å². The molecule has 0 bridgehead atoms. The molecule has 0 fully saturated rings. The summed E-state index contributed by atoms with van der Waals surface area (Å²) in [5, 5.41) is 1.56. The maximum absolute atomic E-state index is 13.8. The van der Waals surface area contributed by atoms with Crippen LogP contribution in [-0.4, -0.2) is 4.98 Å². The second-order valence-corrected chi connectivity index (χ2v) is 5.41. The lowest BCUT2D eigenvalue weighted by atomic mass is 10.0. The lowest BCUT2D eigenvalue weighted by molar-refractivity contribution is 0.590. The molecule has 3 aromatic rings. The van der Waals surface area contributed by atoms with Gasteiger partial charge in [-0.3, -0.25) is 4.98 Å². The molecular weight excluding hydrogens is 287 g/mol. The zero-order chi connectivity index (χ0) is 14.8. The van der Waals surface area contributed by atoms with Gasteiger partial charge in [0, 0.05) is 10.4 Å². The largest absolute Gasteiger partial charge is 0.322 e. The maximum atomic E-state index is 13.8. The Bertz CT molecular complexity index is 789. The van der Waals surface area contributed by atoms with Crippen molar-refractivity contribution < 1.29 is 4.39 Å². The van der Waals surface area contributed by atoms with Crippen LogP contribution in [-0.2, 0) is 6.42 Å². The van der Waals surface area contributed by atoms with E-state index in [4.69, 9.17) is 17.3 Å². The third kappa shape index (κ3) is 3.04. The van der Waals surface area contributed by atoms with Crippen LogP contribution in [0.15, 0.2) is 54.6 Å².